The zero-order valence-corrected chi connectivity index (χ0v) is 13.2. The number of rotatable bonds is 2. The molecular weight excluding hydrogens is 304 g/mol. The van der Waals surface area contributed by atoms with Gasteiger partial charge in [-0.05, 0) is 35.6 Å². The first kappa shape index (κ1) is 14.5. The molecule has 2 aromatic heterocycles. The standard InChI is InChI=1S/C19H16N2O3/c1-3-11-9-20-10-15-13(11)7-16-14-8-17(22)18(24-2)6-12(14)4-5-21(16)19(15)23/h3,6-10,22H,1,4-5H2,2H3. The minimum atomic E-state index is -0.0698. The van der Waals surface area contributed by atoms with Crippen molar-refractivity contribution in [3.63, 3.8) is 0 Å². The fraction of sp³-hybridized carbons (Fsp3) is 0.158. The van der Waals surface area contributed by atoms with Gasteiger partial charge in [-0.2, -0.15) is 0 Å². The van der Waals surface area contributed by atoms with Gasteiger partial charge in [-0.3, -0.25) is 9.78 Å². The van der Waals surface area contributed by atoms with E-state index in [1.54, 1.807) is 29.1 Å². The number of phenols is 1. The maximum absolute atomic E-state index is 12.9. The number of hydrogen-bond acceptors (Lipinski definition) is 4. The molecule has 1 aliphatic heterocycles. The smallest absolute Gasteiger partial charge is 0.260 e. The number of phenolic OH excluding ortho intramolecular Hbond substituents is 1. The van der Waals surface area contributed by atoms with Crippen molar-refractivity contribution in [2.45, 2.75) is 13.0 Å². The van der Waals surface area contributed by atoms with Crippen LogP contribution in [0.5, 0.6) is 11.5 Å². The molecule has 0 spiro atoms. The quantitative estimate of drug-likeness (QED) is 0.788. The Morgan fingerprint density at radius 1 is 1.29 bits per heavy atom. The number of ether oxygens (including phenoxy) is 1. The first-order chi connectivity index (χ1) is 11.6. The number of fused-ring (bicyclic) bond motifs is 4. The molecule has 3 aromatic rings. The highest BCUT2D eigenvalue weighted by molar-refractivity contribution is 5.92. The summed E-state index contributed by atoms with van der Waals surface area (Å²) in [5.41, 5.74) is 3.45. The summed E-state index contributed by atoms with van der Waals surface area (Å²) in [6, 6.07) is 5.47. The van der Waals surface area contributed by atoms with Gasteiger partial charge in [0.05, 0.1) is 18.2 Å². The lowest BCUT2D eigenvalue weighted by Gasteiger charge is -2.23. The molecule has 1 aromatic carbocycles. The van der Waals surface area contributed by atoms with Gasteiger partial charge in [0, 0.05) is 30.1 Å². The highest BCUT2D eigenvalue weighted by Crippen LogP contribution is 2.38. The summed E-state index contributed by atoms with van der Waals surface area (Å²) in [5, 5.41) is 11.5. The van der Waals surface area contributed by atoms with E-state index in [9.17, 15) is 9.90 Å². The van der Waals surface area contributed by atoms with Crippen LogP contribution in [0.15, 0.2) is 42.0 Å². The molecule has 5 nitrogen and oxygen atoms in total. The van der Waals surface area contributed by atoms with Crippen LogP contribution in [0.2, 0.25) is 0 Å². The average molecular weight is 320 g/mol. The molecule has 24 heavy (non-hydrogen) atoms. The first-order valence-electron chi connectivity index (χ1n) is 7.68. The number of methoxy groups -OCH3 is 1. The Hall–Kier alpha value is -3.08. The maximum atomic E-state index is 12.9. The predicted molar refractivity (Wildman–Crippen MR) is 93.5 cm³/mol. The van der Waals surface area contributed by atoms with Crippen LogP contribution in [0.1, 0.15) is 11.1 Å². The minimum absolute atomic E-state index is 0.0657. The third-order valence-corrected chi connectivity index (χ3v) is 4.57. The summed E-state index contributed by atoms with van der Waals surface area (Å²) in [5.74, 6) is 0.511. The van der Waals surface area contributed by atoms with Crippen LogP contribution in [-0.2, 0) is 13.0 Å². The van der Waals surface area contributed by atoms with E-state index in [-0.39, 0.29) is 11.3 Å². The van der Waals surface area contributed by atoms with Crippen LogP contribution in [-0.4, -0.2) is 21.8 Å². The molecular formula is C19H16N2O3. The van der Waals surface area contributed by atoms with Crippen LogP contribution < -0.4 is 10.3 Å². The van der Waals surface area contributed by atoms with E-state index >= 15 is 0 Å². The SMILES string of the molecule is C=Cc1cncc2c(=O)n3c(cc12)-c1cc(O)c(OC)cc1CC3. The van der Waals surface area contributed by atoms with Gasteiger partial charge in [-0.25, -0.2) is 0 Å². The fourth-order valence-electron chi connectivity index (χ4n) is 3.35. The molecule has 1 N–H and O–H groups in total. The summed E-state index contributed by atoms with van der Waals surface area (Å²) < 4.78 is 6.93. The van der Waals surface area contributed by atoms with Gasteiger partial charge >= 0.3 is 0 Å². The molecule has 5 heteroatoms. The molecule has 0 fully saturated rings. The van der Waals surface area contributed by atoms with Gasteiger partial charge in [0.2, 0.25) is 0 Å². The molecule has 0 saturated carbocycles. The van der Waals surface area contributed by atoms with E-state index in [1.165, 1.54) is 7.11 Å². The van der Waals surface area contributed by atoms with Crippen molar-refractivity contribution in [2.75, 3.05) is 7.11 Å². The molecule has 0 saturated heterocycles. The second-order valence-electron chi connectivity index (χ2n) is 5.81. The van der Waals surface area contributed by atoms with E-state index in [0.717, 1.165) is 27.8 Å². The fourth-order valence-corrected chi connectivity index (χ4v) is 3.35. The van der Waals surface area contributed by atoms with Crippen molar-refractivity contribution in [2.24, 2.45) is 0 Å². The summed E-state index contributed by atoms with van der Waals surface area (Å²) in [4.78, 5) is 17.0. The number of nitrogens with zero attached hydrogens (tertiary/aromatic N) is 2. The highest BCUT2D eigenvalue weighted by Gasteiger charge is 2.21. The van der Waals surface area contributed by atoms with E-state index in [1.807, 2.05) is 12.1 Å². The zero-order valence-electron chi connectivity index (χ0n) is 13.2. The van der Waals surface area contributed by atoms with E-state index < -0.39 is 0 Å². The van der Waals surface area contributed by atoms with Gasteiger partial charge in [-0.1, -0.05) is 12.7 Å². The molecule has 0 radical (unpaired) electrons. The van der Waals surface area contributed by atoms with Gasteiger partial charge in [-0.15, -0.1) is 0 Å². The molecule has 0 atom stereocenters. The van der Waals surface area contributed by atoms with Crippen molar-refractivity contribution in [1.29, 1.82) is 0 Å². The Labute approximate surface area is 138 Å². The largest absolute Gasteiger partial charge is 0.504 e. The lowest BCUT2D eigenvalue weighted by atomic mass is 9.94. The van der Waals surface area contributed by atoms with Crippen LogP contribution in [0.4, 0.5) is 0 Å². The Kier molecular flexibility index (Phi) is 3.16. The molecule has 0 bridgehead atoms. The number of benzene rings is 1. The predicted octanol–water partition coefficient (Wildman–Crippen LogP) is 2.98. The van der Waals surface area contributed by atoms with Crippen molar-refractivity contribution < 1.29 is 9.84 Å². The molecule has 0 aliphatic carbocycles. The van der Waals surface area contributed by atoms with Crippen molar-refractivity contribution in [1.82, 2.24) is 9.55 Å². The first-order valence-corrected chi connectivity index (χ1v) is 7.68. The van der Waals surface area contributed by atoms with E-state index in [2.05, 4.69) is 11.6 Å². The normalized spacial score (nSPS) is 12.5. The number of pyridine rings is 2. The summed E-state index contributed by atoms with van der Waals surface area (Å²) in [6.45, 7) is 4.39. The maximum Gasteiger partial charge on any atom is 0.260 e. The van der Waals surface area contributed by atoms with Gasteiger partial charge < -0.3 is 14.4 Å². The third-order valence-electron chi connectivity index (χ3n) is 4.57. The number of hydrogen-bond donors (Lipinski definition) is 1. The monoisotopic (exact) mass is 320 g/mol. The molecule has 3 heterocycles. The lowest BCUT2D eigenvalue weighted by Crippen LogP contribution is -2.26. The number of aromatic nitrogens is 2. The molecule has 4 rings (SSSR count). The Bertz CT molecular complexity index is 1050. The number of aryl methyl sites for hydroxylation is 1. The van der Waals surface area contributed by atoms with Gasteiger partial charge in [0.1, 0.15) is 0 Å². The van der Waals surface area contributed by atoms with Gasteiger partial charge in [0.25, 0.3) is 5.56 Å². The minimum Gasteiger partial charge on any atom is -0.504 e. The zero-order chi connectivity index (χ0) is 16.8. The second-order valence-corrected chi connectivity index (χ2v) is 5.81. The Morgan fingerprint density at radius 2 is 2.12 bits per heavy atom. The van der Waals surface area contributed by atoms with Gasteiger partial charge in [0.15, 0.2) is 11.5 Å². The molecule has 0 amide bonds. The summed E-state index contributed by atoms with van der Waals surface area (Å²) in [6.07, 6.45) is 5.69. The summed E-state index contributed by atoms with van der Waals surface area (Å²) >= 11 is 0. The second kappa shape index (κ2) is 5.23. The molecule has 1 aliphatic rings. The number of aromatic hydroxyl groups is 1. The van der Waals surface area contributed by atoms with Crippen LogP contribution in [0.25, 0.3) is 28.1 Å². The lowest BCUT2D eigenvalue weighted by molar-refractivity contribution is 0.373. The molecule has 0 unspecified atom stereocenters. The van der Waals surface area contributed by atoms with Crippen molar-refractivity contribution in [3.05, 3.63) is 58.7 Å². The van der Waals surface area contributed by atoms with E-state index in [0.29, 0.717) is 24.1 Å². The van der Waals surface area contributed by atoms with Crippen LogP contribution >= 0.6 is 0 Å². The highest BCUT2D eigenvalue weighted by atomic mass is 16.5. The molecule has 120 valence electrons. The third kappa shape index (κ3) is 1.94. The van der Waals surface area contributed by atoms with Crippen LogP contribution in [0, 0.1) is 0 Å². The Balaban J connectivity index is 2.09. The van der Waals surface area contributed by atoms with E-state index in [4.69, 9.17) is 4.74 Å². The van der Waals surface area contributed by atoms with Crippen molar-refractivity contribution >= 4 is 16.8 Å². The average Bonchev–Trinajstić information content (AvgIpc) is 2.61. The Morgan fingerprint density at radius 3 is 2.88 bits per heavy atom. The summed E-state index contributed by atoms with van der Waals surface area (Å²) in [7, 11) is 1.53. The van der Waals surface area contributed by atoms with Crippen molar-refractivity contribution in [3.8, 4) is 22.8 Å². The topological polar surface area (TPSA) is 64.4 Å². The van der Waals surface area contributed by atoms with Crippen LogP contribution in [0.3, 0.4) is 0 Å².